The minimum absolute atomic E-state index is 0.117. The van der Waals surface area contributed by atoms with E-state index in [1.54, 1.807) is 23.9 Å². The number of carbonyl (C=O) groups is 1. The highest BCUT2D eigenvalue weighted by Crippen LogP contribution is 2.27. The number of piperidine rings is 1. The number of aromatic nitrogens is 5. The number of amides is 1. The number of carbonyl (C=O) groups excluding carboxylic acids is 1. The van der Waals surface area contributed by atoms with E-state index in [1.165, 1.54) is 0 Å². The lowest BCUT2D eigenvalue weighted by molar-refractivity contribution is 0.0704. The van der Waals surface area contributed by atoms with Crippen LogP contribution in [0.5, 0.6) is 0 Å². The van der Waals surface area contributed by atoms with E-state index in [1.807, 2.05) is 39.5 Å². The molecule has 4 heterocycles. The fourth-order valence-electron chi connectivity index (χ4n) is 3.35. The predicted molar refractivity (Wildman–Crippen MR) is 94.5 cm³/mol. The Kier molecular flexibility index (Phi) is 4.35. The van der Waals surface area contributed by atoms with Crippen LogP contribution in [0.1, 0.15) is 40.8 Å². The van der Waals surface area contributed by atoms with Crippen LogP contribution < -0.4 is 0 Å². The normalized spacial score (nSPS) is 17.8. The highest BCUT2D eigenvalue weighted by atomic mass is 32.1. The Labute approximate surface area is 149 Å². The fraction of sp³-hybridized carbons (Fsp3) is 0.412. The van der Waals surface area contributed by atoms with Crippen molar-refractivity contribution in [2.75, 3.05) is 13.1 Å². The molecule has 0 aromatic carbocycles. The lowest BCUT2D eigenvalue weighted by Gasteiger charge is -2.32. The molecule has 1 aliphatic rings. The molecule has 1 amide bonds. The molecule has 0 radical (unpaired) electrons. The summed E-state index contributed by atoms with van der Waals surface area (Å²) in [6, 6.07) is 1.89. The monoisotopic (exact) mass is 356 g/mol. The molecule has 130 valence electrons. The Bertz CT molecular complexity index is 839. The number of nitrogens with zero attached hydrogens (tertiary/aromatic N) is 6. The second-order valence-corrected chi connectivity index (χ2v) is 7.15. The van der Waals surface area contributed by atoms with E-state index in [2.05, 4.69) is 19.7 Å². The molecule has 4 rings (SSSR count). The van der Waals surface area contributed by atoms with E-state index < -0.39 is 0 Å². The summed E-state index contributed by atoms with van der Waals surface area (Å²) in [5.74, 6) is 2.20. The molecule has 0 aliphatic carbocycles. The van der Waals surface area contributed by atoms with Gasteiger partial charge in [-0.25, -0.2) is 4.98 Å². The second-order valence-electron chi connectivity index (χ2n) is 6.37. The van der Waals surface area contributed by atoms with Crippen molar-refractivity contribution in [1.29, 1.82) is 0 Å². The van der Waals surface area contributed by atoms with E-state index in [-0.39, 0.29) is 11.8 Å². The third-order valence-corrected chi connectivity index (χ3v) is 5.41. The van der Waals surface area contributed by atoms with Gasteiger partial charge in [-0.2, -0.15) is 11.3 Å². The molecule has 0 bridgehead atoms. The molecule has 3 aromatic heterocycles. The van der Waals surface area contributed by atoms with Gasteiger partial charge in [0, 0.05) is 43.8 Å². The molecule has 3 aromatic rings. The van der Waals surface area contributed by atoms with Gasteiger partial charge in [-0.15, -0.1) is 10.2 Å². The Morgan fingerprint density at radius 1 is 1.40 bits per heavy atom. The Morgan fingerprint density at radius 3 is 3.08 bits per heavy atom. The molecule has 0 spiro atoms. The van der Waals surface area contributed by atoms with Crippen molar-refractivity contribution in [2.45, 2.75) is 25.3 Å². The SMILES string of the molecule is Cn1c(Cn2ccnc2)nnc1[C@@H]1CCCN(C(=O)c2ccsc2)C1. The van der Waals surface area contributed by atoms with Crippen LogP contribution in [0.15, 0.2) is 35.5 Å². The maximum Gasteiger partial charge on any atom is 0.254 e. The lowest BCUT2D eigenvalue weighted by atomic mass is 9.96. The summed E-state index contributed by atoms with van der Waals surface area (Å²) in [5, 5.41) is 12.6. The molecule has 0 N–H and O–H groups in total. The highest BCUT2D eigenvalue weighted by Gasteiger charge is 2.29. The zero-order valence-electron chi connectivity index (χ0n) is 14.1. The molecular formula is C17H20N6OS. The van der Waals surface area contributed by atoms with E-state index >= 15 is 0 Å². The maximum atomic E-state index is 12.6. The van der Waals surface area contributed by atoms with Crippen LogP contribution >= 0.6 is 11.3 Å². The van der Waals surface area contributed by atoms with Gasteiger partial charge in [0.15, 0.2) is 5.82 Å². The van der Waals surface area contributed by atoms with Crippen LogP contribution in [0.2, 0.25) is 0 Å². The fourth-order valence-corrected chi connectivity index (χ4v) is 3.98. The number of hydrogen-bond donors (Lipinski definition) is 0. The smallest absolute Gasteiger partial charge is 0.254 e. The van der Waals surface area contributed by atoms with Crippen molar-refractivity contribution in [1.82, 2.24) is 29.2 Å². The van der Waals surface area contributed by atoms with Crippen LogP contribution in [-0.4, -0.2) is 48.2 Å². The average Bonchev–Trinajstić information content (AvgIpc) is 3.38. The van der Waals surface area contributed by atoms with Crippen molar-refractivity contribution >= 4 is 17.2 Å². The van der Waals surface area contributed by atoms with Gasteiger partial charge in [-0.05, 0) is 24.3 Å². The van der Waals surface area contributed by atoms with Crippen molar-refractivity contribution in [3.8, 4) is 0 Å². The van der Waals surface area contributed by atoms with Gasteiger partial charge in [-0.3, -0.25) is 4.79 Å². The molecule has 1 saturated heterocycles. The van der Waals surface area contributed by atoms with Gasteiger partial charge < -0.3 is 14.0 Å². The quantitative estimate of drug-likeness (QED) is 0.718. The number of rotatable bonds is 4. The van der Waals surface area contributed by atoms with Crippen molar-refractivity contribution in [3.63, 3.8) is 0 Å². The molecular weight excluding hydrogens is 336 g/mol. The molecule has 7 nitrogen and oxygen atoms in total. The Hall–Kier alpha value is -2.48. The predicted octanol–water partition coefficient (Wildman–Crippen LogP) is 2.14. The number of hydrogen-bond acceptors (Lipinski definition) is 5. The third-order valence-electron chi connectivity index (χ3n) is 4.72. The second kappa shape index (κ2) is 6.79. The van der Waals surface area contributed by atoms with Gasteiger partial charge in [0.2, 0.25) is 0 Å². The average molecular weight is 356 g/mol. The van der Waals surface area contributed by atoms with Crippen molar-refractivity contribution < 1.29 is 4.79 Å². The Balaban J connectivity index is 1.50. The first-order valence-corrected chi connectivity index (χ1v) is 9.32. The first-order valence-electron chi connectivity index (χ1n) is 8.37. The van der Waals surface area contributed by atoms with E-state index in [9.17, 15) is 4.79 Å². The van der Waals surface area contributed by atoms with E-state index in [0.29, 0.717) is 13.1 Å². The highest BCUT2D eigenvalue weighted by molar-refractivity contribution is 7.08. The van der Waals surface area contributed by atoms with Crippen LogP contribution in [0.3, 0.4) is 0 Å². The molecule has 0 unspecified atom stereocenters. The van der Waals surface area contributed by atoms with Crippen LogP contribution in [0.25, 0.3) is 0 Å². The zero-order chi connectivity index (χ0) is 17.2. The van der Waals surface area contributed by atoms with Crippen LogP contribution in [0, 0.1) is 0 Å². The first-order chi connectivity index (χ1) is 12.2. The van der Waals surface area contributed by atoms with Gasteiger partial charge in [-0.1, -0.05) is 0 Å². The van der Waals surface area contributed by atoms with Crippen molar-refractivity contribution in [3.05, 3.63) is 52.8 Å². The van der Waals surface area contributed by atoms with Gasteiger partial charge in [0.05, 0.1) is 18.4 Å². The van der Waals surface area contributed by atoms with Gasteiger partial charge in [0.25, 0.3) is 5.91 Å². The minimum Gasteiger partial charge on any atom is -0.338 e. The summed E-state index contributed by atoms with van der Waals surface area (Å²) in [6.07, 6.45) is 7.47. The molecule has 1 atom stereocenters. The summed E-state index contributed by atoms with van der Waals surface area (Å²) in [5.41, 5.74) is 0.782. The molecule has 1 fully saturated rings. The lowest BCUT2D eigenvalue weighted by Crippen LogP contribution is -2.39. The standard InChI is InChI=1S/C17H20N6OS/c1-21-15(10-22-7-5-18-12-22)19-20-16(21)13-3-2-6-23(9-13)17(24)14-4-8-25-11-14/h4-5,7-8,11-13H,2-3,6,9-10H2,1H3/t13-/m1/s1. The van der Waals surface area contributed by atoms with E-state index in [0.717, 1.165) is 36.6 Å². The summed E-state index contributed by atoms with van der Waals surface area (Å²) in [7, 11) is 2.00. The van der Waals surface area contributed by atoms with Crippen LogP contribution in [-0.2, 0) is 13.6 Å². The maximum absolute atomic E-state index is 12.6. The molecule has 0 saturated carbocycles. The summed E-state index contributed by atoms with van der Waals surface area (Å²) < 4.78 is 4.03. The van der Waals surface area contributed by atoms with E-state index in [4.69, 9.17) is 0 Å². The molecule has 8 heteroatoms. The Morgan fingerprint density at radius 2 is 2.32 bits per heavy atom. The zero-order valence-corrected chi connectivity index (χ0v) is 14.9. The van der Waals surface area contributed by atoms with Gasteiger partial charge >= 0.3 is 0 Å². The third kappa shape index (κ3) is 3.21. The topological polar surface area (TPSA) is 68.8 Å². The summed E-state index contributed by atoms with van der Waals surface area (Å²) >= 11 is 1.56. The summed E-state index contributed by atoms with van der Waals surface area (Å²) in [6.45, 7) is 2.16. The van der Waals surface area contributed by atoms with Crippen LogP contribution in [0.4, 0.5) is 0 Å². The van der Waals surface area contributed by atoms with Crippen molar-refractivity contribution in [2.24, 2.45) is 7.05 Å². The number of imidazole rings is 1. The molecule has 25 heavy (non-hydrogen) atoms. The largest absolute Gasteiger partial charge is 0.338 e. The minimum atomic E-state index is 0.117. The number of thiophene rings is 1. The summed E-state index contributed by atoms with van der Waals surface area (Å²) in [4.78, 5) is 18.6. The van der Waals surface area contributed by atoms with Gasteiger partial charge in [0.1, 0.15) is 5.82 Å². The first kappa shape index (κ1) is 16.0. The number of likely N-dealkylation sites (tertiary alicyclic amines) is 1. The molecule has 1 aliphatic heterocycles.